The van der Waals surface area contributed by atoms with E-state index in [4.69, 9.17) is 19.4 Å². The quantitative estimate of drug-likeness (QED) is 0.184. The number of nitrogens with zero attached hydrogens (tertiary/aromatic N) is 3. The van der Waals surface area contributed by atoms with E-state index in [-0.39, 0.29) is 5.41 Å². The lowest BCUT2D eigenvalue weighted by atomic mass is 9.82. The third-order valence-electron chi connectivity index (χ3n) is 11.3. The highest BCUT2D eigenvalue weighted by Crippen LogP contribution is 2.49. The van der Waals surface area contributed by atoms with Crippen molar-refractivity contribution < 1.29 is 4.42 Å². The molecule has 4 nitrogen and oxygen atoms in total. The van der Waals surface area contributed by atoms with Gasteiger partial charge in [-0.3, -0.25) is 0 Å². The van der Waals surface area contributed by atoms with E-state index in [2.05, 4.69) is 159 Å². The monoisotopic (exact) mass is 691 g/mol. The number of hydrogen-bond donors (Lipinski definition) is 0. The van der Waals surface area contributed by atoms with Crippen molar-refractivity contribution in [2.24, 2.45) is 0 Å². The lowest BCUT2D eigenvalue weighted by Crippen LogP contribution is -2.15. The van der Waals surface area contributed by atoms with Crippen molar-refractivity contribution in [3.05, 3.63) is 175 Å². The first-order valence-electron chi connectivity index (χ1n) is 18.4. The second-order valence-corrected chi connectivity index (χ2v) is 14.8. The fourth-order valence-electron chi connectivity index (χ4n) is 8.65. The van der Waals surface area contributed by atoms with Gasteiger partial charge in [-0.15, -0.1) is 0 Å². The summed E-state index contributed by atoms with van der Waals surface area (Å²) in [5.41, 5.74) is 12.0. The highest BCUT2D eigenvalue weighted by Gasteiger charge is 2.35. The molecule has 0 saturated carbocycles. The Kier molecular flexibility index (Phi) is 6.56. The van der Waals surface area contributed by atoms with Crippen molar-refractivity contribution in [1.82, 2.24) is 15.0 Å². The minimum absolute atomic E-state index is 0.137. The molecule has 1 aliphatic rings. The Bertz CT molecular complexity index is 3140. The van der Waals surface area contributed by atoms with Crippen LogP contribution in [-0.2, 0) is 5.41 Å². The molecule has 0 N–H and O–H groups in total. The first kappa shape index (κ1) is 30.7. The van der Waals surface area contributed by atoms with Crippen molar-refractivity contribution in [2.75, 3.05) is 0 Å². The van der Waals surface area contributed by atoms with Gasteiger partial charge in [0.2, 0.25) is 0 Å². The van der Waals surface area contributed by atoms with Crippen LogP contribution >= 0.6 is 0 Å². The topological polar surface area (TPSA) is 51.8 Å². The molecule has 0 atom stereocenters. The summed E-state index contributed by atoms with van der Waals surface area (Å²) in [6.45, 7) is 4.61. The summed E-state index contributed by atoms with van der Waals surface area (Å²) in [4.78, 5) is 15.5. The van der Waals surface area contributed by atoms with Crippen LogP contribution in [0.2, 0.25) is 0 Å². The van der Waals surface area contributed by atoms with Gasteiger partial charge in [-0.25, -0.2) is 15.0 Å². The van der Waals surface area contributed by atoms with Gasteiger partial charge >= 0.3 is 0 Å². The van der Waals surface area contributed by atoms with Gasteiger partial charge in [-0.1, -0.05) is 147 Å². The molecule has 0 saturated heterocycles. The van der Waals surface area contributed by atoms with Crippen LogP contribution in [-0.4, -0.2) is 15.0 Å². The average Bonchev–Trinajstić information content (AvgIpc) is 3.70. The smallest absolute Gasteiger partial charge is 0.164 e. The molecular weight excluding hydrogens is 659 g/mol. The maximum Gasteiger partial charge on any atom is 0.164 e. The summed E-state index contributed by atoms with van der Waals surface area (Å²) >= 11 is 0. The summed E-state index contributed by atoms with van der Waals surface area (Å²) in [5.74, 6) is 1.94. The van der Waals surface area contributed by atoms with Gasteiger partial charge in [0.1, 0.15) is 11.2 Å². The number of benzene rings is 8. The van der Waals surface area contributed by atoms with Crippen molar-refractivity contribution in [3.8, 4) is 56.4 Å². The zero-order valence-corrected chi connectivity index (χ0v) is 29.8. The first-order valence-corrected chi connectivity index (χ1v) is 18.4. The zero-order chi connectivity index (χ0) is 36.0. The maximum absolute atomic E-state index is 6.47. The SMILES string of the molecule is CC1(C)c2ccccc2-c2ccc(-c3nc(-c4ccccc4)nc(-c4ccc(-c5cccc6oc7cc8ccccc8cc7c56)c5ccccc45)n3)cc21. The molecule has 1 aliphatic carbocycles. The molecule has 0 unspecified atom stereocenters. The van der Waals surface area contributed by atoms with E-state index in [1.54, 1.807) is 0 Å². The first-order chi connectivity index (χ1) is 26.5. The lowest BCUT2D eigenvalue weighted by Gasteiger charge is -2.21. The number of fused-ring (bicyclic) bond motifs is 8. The van der Waals surface area contributed by atoms with E-state index >= 15 is 0 Å². The molecule has 2 heterocycles. The normalized spacial score (nSPS) is 13.1. The van der Waals surface area contributed by atoms with Crippen LogP contribution in [0.5, 0.6) is 0 Å². The van der Waals surface area contributed by atoms with Crippen LogP contribution in [0.3, 0.4) is 0 Å². The van der Waals surface area contributed by atoms with Crippen LogP contribution < -0.4 is 0 Å². The number of hydrogen-bond acceptors (Lipinski definition) is 4. The Morgan fingerprint density at radius 2 is 1.00 bits per heavy atom. The Morgan fingerprint density at radius 1 is 0.389 bits per heavy atom. The highest BCUT2D eigenvalue weighted by molar-refractivity contribution is 6.18. The molecule has 0 amide bonds. The van der Waals surface area contributed by atoms with Gasteiger partial charge < -0.3 is 4.42 Å². The fourth-order valence-corrected chi connectivity index (χ4v) is 8.65. The van der Waals surface area contributed by atoms with Gasteiger partial charge in [0.05, 0.1) is 0 Å². The summed E-state index contributed by atoms with van der Waals surface area (Å²) in [6, 6.07) is 57.8. The van der Waals surface area contributed by atoms with E-state index in [1.807, 2.05) is 18.2 Å². The standard InChI is InChI=1S/C50H33N3O/c1-50(2)42-21-11-10-19-37(42)38-24-23-33(28-43(38)50)48-51-47(30-13-4-3-5-14-30)52-49(53-48)40-26-25-36(34-17-8-9-18-35(34)40)39-20-12-22-44-46(39)41-27-31-15-6-7-16-32(31)29-45(41)54-44/h3-29H,1-2H3. The van der Waals surface area contributed by atoms with Crippen LogP contribution in [0, 0.1) is 0 Å². The highest BCUT2D eigenvalue weighted by atomic mass is 16.3. The summed E-state index contributed by atoms with van der Waals surface area (Å²) in [6.07, 6.45) is 0. The van der Waals surface area contributed by atoms with E-state index in [9.17, 15) is 0 Å². The molecule has 0 spiro atoms. The molecule has 8 aromatic carbocycles. The van der Waals surface area contributed by atoms with Crippen LogP contribution in [0.15, 0.2) is 168 Å². The molecule has 254 valence electrons. The van der Waals surface area contributed by atoms with Gasteiger partial charge in [-0.2, -0.15) is 0 Å². The Labute approximate surface area is 312 Å². The molecule has 0 fully saturated rings. The number of aromatic nitrogens is 3. The molecule has 10 aromatic rings. The minimum atomic E-state index is -0.137. The second kappa shape index (κ2) is 11.5. The third-order valence-corrected chi connectivity index (χ3v) is 11.3. The van der Waals surface area contributed by atoms with Crippen LogP contribution in [0.1, 0.15) is 25.0 Å². The van der Waals surface area contributed by atoms with Gasteiger partial charge in [0, 0.05) is 32.9 Å². The maximum atomic E-state index is 6.47. The van der Waals surface area contributed by atoms with Gasteiger partial charge in [0.25, 0.3) is 0 Å². The largest absolute Gasteiger partial charge is 0.456 e. The number of furan rings is 1. The molecule has 0 radical (unpaired) electrons. The predicted octanol–water partition coefficient (Wildman–Crippen LogP) is 13.1. The van der Waals surface area contributed by atoms with Crippen molar-refractivity contribution in [1.29, 1.82) is 0 Å². The molecule has 11 rings (SSSR count). The number of rotatable bonds is 4. The third kappa shape index (κ3) is 4.60. The Balaban J connectivity index is 1.11. The molecule has 0 bridgehead atoms. The summed E-state index contributed by atoms with van der Waals surface area (Å²) in [7, 11) is 0. The lowest BCUT2D eigenvalue weighted by molar-refractivity contribution is 0.660. The van der Waals surface area contributed by atoms with E-state index < -0.39 is 0 Å². The minimum Gasteiger partial charge on any atom is -0.456 e. The van der Waals surface area contributed by atoms with E-state index in [0.29, 0.717) is 17.5 Å². The van der Waals surface area contributed by atoms with Crippen molar-refractivity contribution in [3.63, 3.8) is 0 Å². The fraction of sp³-hybridized carbons (Fsp3) is 0.0600. The molecule has 2 aromatic heterocycles. The molecule has 0 aliphatic heterocycles. The predicted molar refractivity (Wildman–Crippen MR) is 221 cm³/mol. The molecule has 54 heavy (non-hydrogen) atoms. The van der Waals surface area contributed by atoms with Crippen LogP contribution in [0.4, 0.5) is 0 Å². The van der Waals surface area contributed by atoms with Crippen molar-refractivity contribution in [2.45, 2.75) is 19.3 Å². The van der Waals surface area contributed by atoms with E-state index in [1.165, 1.54) is 33.0 Å². The Morgan fingerprint density at radius 3 is 1.83 bits per heavy atom. The average molecular weight is 692 g/mol. The van der Waals surface area contributed by atoms with Crippen LogP contribution in [0.25, 0.3) is 99.9 Å². The Hall–Kier alpha value is -6.91. The van der Waals surface area contributed by atoms with E-state index in [0.717, 1.165) is 60.5 Å². The molecule has 4 heteroatoms. The van der Waals surface area contributed by atoms with Gasteiger partial charge in [-0.05, 0) is 85.3 Å². The summed E-state index contributed by atoms with van der Waals surface area (Å²) < 4.78 is 6.47. The van der Waals surface area contributed by atoms with Gasteiger partial charge in [0.15, 0.2) is 17.5 Å². The van der Waals surface area contributed by atoms with Crippen molar-refractivity contribution >= 4 is 43.5 Å². The molecular formula is C50H33N3O. The second-order valence-electron chi connectivity index (χ2n) is 14.8. The summed E-state index contributed by atoms with van der Waals surface area (Å²) in [5, 5.41) is 6.79. The zero-order valence-electron chi connectivity index (χ0n) is 29.8.